The first-order chi connectivity index (χ1) is 10.0. The summed E-state index contributed by atoms with van der Waals surface area (Å²) in [7, 11) is 0. The van der Waals surface area contributed by atoms with E-state index in [0.29, 0.717) is 12.6 Å². The Morgan fingerprint density at radius 3 is 2.67 bits per heavy atom. The molecular weight excluding hydrogens is 266 g/mol. The predicted octanol–water partition coefficient (Wildman–Crippen LogP) is 2.81. The van der Waals surface area contributed by atoms with Crippen LogP contribution in [0.5, 0.6) is 5.75 Å². The van der Waals surface area contributed by atoms with Gasteiger partial charge in [-0.2, -0.15) is 0 Å². The fraction of sp³-hybridized carbons (Fsp3) is 0.588. The zero-order chi connectivity index (χ0) is 15.2. The Labute approximate surface area is 126 Å². The highest BCUT2D eigenvalue weighted by Crippen LogP contribution is 2.21. The predicted molar refractivity (Wildman–Crippen MR) is 82.7 cm³/mol. The van der Waals surface area contributed by atoms with Crippen LogP contribution in [0.25, 0.3) is 0 Å². The number of likely N-dealkylation sites (tertiary alicyclic amines) is 1. The van der Waals surface area contributed by atoms with Crippen LogP contribution in [0.2, 0.25) is 0 Å². The number of aliphatic carboxylic acids is 1. The number of carboxylic acid groups (broad SMARTS) is 1. The van der Waals surface area contributed by atoms with Crippen LogP contribution in [-0.4, -0.2) is 41.7 Å². The van der Waals surface area contributed by atoms with Crippen LogP contribution in [0.15, 0.2) is 24.3 Å². The molecule has 0 amide bonds. The number of carbonyl (C=O) groups is 1. The van der Waals surface area contributed by atoms with Crippen molar-refractivity contribution in [2.24, 2.45) is 5.92 Å². The van der Waals surface area contributed by atoms with E-state index in [9.17, 15) is 4.79 Å². The number of carboxylic acids is 1. The largest absolute Gasteiger partial charge is 0.492 e. The van der Waals surface area contributed by atoms with Gasteiger partial charge in [-0.3, -0.25) is 9.69 Å². The fourth-order valence-corrected chi connectivity index (χ4v) is 2.95. The zero-order valence-electron chi connectivity index (χ0n) is 12.9. The Bertz CT molecular complexity index is 458. The Kier molecular flexibility index (Phi) is 5.62. The second-order valence-corrected chi connectivity index (χ2v) is 6.08. The minimum atomic E-state index is -0.808. The molecule has 2 rings (SSSR count). The van der Waals surface area contributed by atoms with E-state index in [1.54, 1.807) is 0 Å². The first kappa shape index (κ1) is 15.8. The van der Waals surface area contributed by atoms with Crippen LogP contribution in [0.3, 0.4) is 0 Å². The maximum atomic E-state index is 10.6. The van der Waals surface area contributed by atoms with Crippen molar-refractivity contribution in [3.8, 4) is 5.75 Å². The molecule has 1 aromatic carbocycles. The van der Waals surface area contributed by atoms with Crippen LogP contribution >= 0.6 is 0 Å². The van der Waals surface area contributed by atoms with Gasteiger partial charge in [0, 0.05) is 12.6 Å². The highest BCUT2D eigenvalue weighted by Gasteiger charge is 2.22. The summed E-state index contributed by atoms with van der Waals surface area (Å²) in [5.74, 6) is 0.832. The quantitative estimate of drug-likeness (QED) is 0.875. The van der Waals surface area contributed by atoms with Gasteiger partial charge in [0.25, 0.3) is 0 Å². The lowest BCUT2D eigenvalue weighted by molar-refractivity contribution is -0.136. The first-order valence-corrected chi connectivity index (χ1v) is 7.72. The maximum absolute atomic E-state index is 10.6. The molecular formula is C17H25NO3. The van der Waals surface area contributed by atoms with E-state index < -0.39 is 5.97 Å². The van der Waals surface area contributed by atoms with Crippen molar-refractivity contribution in [2.45, 2.75) is 39.2 Å². The van der Waals surface area contributed by atoms with Gasteiger partial charge in [0.2, 0.25) is 0 Å². The van der Waals surface area contributed by atoms with Crippen LogP contribution < -0.4 is 4.74 Å². The number of nitrogens with zero attached hydrogens (tertiary/aromatic N) is 1. The van der Waals surface area contributed by atoms with Crippen molar-refractivity contribution in [2.75, 3.05) is 19.7 Å². The Balaban J connectivity index is 1.74. The molecule has 0 spiro atoms. The third-order valence-electron chi connectivity index (χ3n) is 4.20. The molecule has 0 saturated carbocycles. The number of ether oxygens (including phenoxy) is 1. The number of hydrogen-bond donors (Lipinski definition) is 1. The SMILES string of the molecule is CC1CCN(CCOc2ccc(CC(=O)O)cc2)C(C)C1. The van der Waals surface area contributed by atoms with E-state index in [-0.39, 0.29) is 6.42 Å². The lowest BCUT2D eigenvalue weighted by Gasteiger charge is -2.36. The average Bonchev–Trinajstić information content (AvgIpc) is 2.42. The molecule has 1 N–H and O–H groups in total. The number of rotatable bonds is 6. The third-order valence-corrected chi connectivity index (χ3v) is 4.20. The van der Waals surface area contributed by atoms with Gasteiger partial charge >= 0.3 is 5.97 Å². The summed E-state index contributed by atoms with van der Waals surface area (Å²) in [4.78, 5) is 13.1. The van der Waals surface area contributed by atoms with Gasteiger partial charge in [0.1, 0.15) is 12.4 Å². The van der Waals surface area contributed by atoms with Gasteiger partial charge in [-0.05, 0) is 49.9 Å². The molecule has 116 valence electrons. The van der Waals surface area contributed by atoms with Crippen molar-refractivity contribution < 1.29 is 14.6 Å². The lowest BCUT2D eigenvalue weighted by Crippen LogP contribution is -2.42. The Hall–Kier alpha value is -1.55. The van der Waals surface area contributed by atoms with Crippen molar-refractivity contribution >= 4 is 5.97 Å². The molecule has 1 aliphatic rings. The molecule has 1 heterocycles. The second-order valence-electron chi connectivity index (χ2n) is 6.08. The molecule has 4 heteroatoms. The summed E-state index contributed by atoms with van der Waals surface area (Å²) >= 11 is 0. The normalized spacial score (nSPS) is 23.0. The second kappa shape index (κ2) is 7.46. The van der Waals surface area contributed by atoms with Crippen molar-refractivity contribution in [3.63, 3.8) is 0 Å². The molecule has 1 aliphatic heterocycles. The highest BCUT2D eigenvalue weighted by molar-refractivity contribution is 5.70. The van der Waals surface area contributed by atoms with Gasteiger partial charge < -0.3 is 9.84 Å². The van der Waals surface area contributed by atoms with Crippen molar-refractivity contribution in [1.29, 1.82) is 0 Å². The summed E-state index contributed by atoms with van der Waals surface area (Å²) in [6, 6.07) is 7.96. The van der Waals surface area contributed by atoms with Crippen LogP contribution in [0.4, 0.5) is 0 Å². The van der Waals surface area contributed by atoms with Crippen LogP contribution in [-0.2, 0) is 11.2 Å². The molecule has 4 nitrogen and oxygen atoms in total. The molecule has 0 aromatic heterocycles. The molecule has 0 aliphatic carbocycles. The van der Waals surface area contributed by atoms with E-state index >= 15 is 0 Å². The third kappa shape index (κ3) is 5.05. The summed E-state index contributed by atoms with van der Waals surface area (Å²) in [5.41, 5.74) is 0.800. The van der Waals surface area contributed by atoms with Crippen molar-refractivity contribution in [3.05, 3.63) is 29.8 Å². The molecule has 2 unspecified atom stereocenters. The van der Waals surface area contributed by atoms with Gasteiger partial charge in [-0.25, -0.2) is 0 Å². The van der Waals surface area contributed by atoms with Gasteiger partial charge in [0.15, 0.2) is 0 Å². The standard InChI is InChI=1S/C17H25NO3/c1-13-7-8-18(14(2)11-13)9-10-21-16-5-3-15(4-6-16)12-17(19)20/h3-6,13-14H,7-12H2,1-2H3,(H,19,20). The van der Waals surface area contributed by atoms with E-state index in [4.69, 9.17) is 9.84 Å². The van der Waals surface area contributed by atoms with E-state index in [1.165, 1.54) is 12.8 Å². The minimum absolute atomic E-state index is 0.0593. The fourth-order valence-electron chi connectivity index (χ4n) is 2.95. The van der Waals surface area contributed by atoms with Gasteiger partial charge in [-0.15, -0.1) is 0 Å². The Morgan fingerprint density at radius 1 is 1.33 bits per heavy atom. The summed E-state index contributed by atoms with van der Waals surface area (Å²) < 4.78 is 5.75. The summed E-state index contributed by atoms with van der Waals surface area (Å²) in [6.07, 6.45) is 2.60. The van der Waals surface area contributed by atoms with E-state index in [2.05, 4.69) is 18.7 Å². The Morgan fingerprint density at radius 2 is 2.05 bits per heavy atom. The smallest absolute Gasteiger partial charge is 0.307 e. The molecule has 1 saturated heterocycles. The van der Waals surface area contributed by atoms with Gasteiger partial charge in [-0.1, -0.05) is 19.1 Å². The molecule has 2 atom stereocenters. The summed E-state index contributed by atoms with van der Waals surface area (Å²) in [5, 5.41) is 8.73. The van der Waals surface area contributed by atoms with Crippen LogP contribution in [0.1, 0.15) is 32.3 Å². The van der Waals surface area contributed by atoms with Crippen molar-refractivity contribution in [1.82, 2.24) is 4.90 Å². The molecule has 0 radical (unpaired) electrons. The molecule has 0 bridgehead atoms. The molecule has 21 heavy (non-hydrogen) atoms. The number of piperidine rings is 1. The zero-order valence-corrected chi connectivity index (χ0v) is 12.9. The summed E-state index contributed by atoms with van der Waals surface area (Å²) in [6.45, 7) is 7.39. The topological polar surface area (TPSA) is 49.8 Å². The number of benzene rings is 1. The van der Waals surface area contributed by atoms with Crippen LogP contribution in [0, 0.1) is 5.92 Å². The monoisotopic (exact) mass is 291 g/mol. The maximum Gasteiger partial charge on any atom is 0.307 e. The van der Waals surface area contributed by atoms with Gasteiger partial charge in [0.05, 0.1) is 6.42 Å². The van der Waals surface area contributed by atoms with E-state index in [0.717, 1.165) is 30.3 Å². The first-order valence-electron chi connectivity index (χ1n) is 7.72. The molecule has 1 aromatic rings. The van der Waals surface area contributed by atoms with E-state index in [1.807, 2.05) is 24.3 Å². The lowest BCUT2D eigenvalue weighted by atomic mass is 9.93. The minimum Gasteiger partial charge on any atom is -0.492 e. The number of hydrogen-bond acceptors (Lipinski definition) is 3. The highest BCUT2D eigenvalue weighted by atomic mass is 16.5. The molecule has 1 fully saturated rings. The average molecular weight is 291 g/mol.